The largest absolute Gasteiger partial charge is 0.478 e. The molecule has 1 rings (SSSR count). The van der Waals surface area contributed by atoms with Gasteiger partial charge < -0.3 is 15.3 Å². The van der Waals surface area contributed by atoms with Crippen LogP contribution in [0.3, 0.4) is 0 Å². The third kappa shape index (κ3) is 4.59. The lowest BCUT2D eigenvalue weighted by Crippen LogP contribution is -2.35. The fourth-order valence-electron chi connectivity index (χ4n) is 1.67. The van der Waals surface area contributed by atoms with Crippen molar-refractivity contribution in [2.45, 2.75) is 6.92 Å². The van der Waals surface area contributed by atoms with Crippen molar-refractivity contribution < 1.29 is 14.7 Å². The minimum absolute atomic E-state index is 0.0993. The molecule has 0 unspecified atom stereocenters. The minimum Gasteiger partial charge on any atom is -0.478 e. The number of nitrogens with zero attached hydrogens (tertiary/aromatic N) is 1. The van der Waals surface area contributed by atoms with Crippen molar-refractivity contribution in [3.8, 4) is 0 Å². The summed E-state index contributed by atoms with van der Waals surface area (Å²) in [5.41, 5.74) is 1.43. The lowest BCUT2D eigenvalue weighted by Gasteiger charge is -2.23. The summed E-state index contributed by atoms with van der Waals surface area (Å²) in [4.78, 5) is 23.7. The third-order valence-corrected chi connectivity index (χ3v) is 3.03. The zero-order valence-corrected chi connectivity index (χ0v) is 12.1. The van der Waals surface area contributed by atoms with Gasteiger partial charge in [0.05, 0.1) is 17.3 Å². The summed E-state index contributed by atoms with van der Waals surface area (Å²) in [5.74, 6) is -1.11. The van der Waals surface area contributed by atoms with E-state index in [4.69, 9.17) is 16.7 Å². The minimum atomic E-state index is -1.01. The molecule has 0 aliphatic heterocycles. The summed E-state index contributed by atoms with van der Waals surface area (Å²) >= 11 is 6.19. The normalized spacial score (nSPS) is 10.6. The number of anilines is 1. The number of nitrogens with one attached hydrogen (secondary N) is 1. The Hall–Kier alpha value is -2.01. The highest BCUT2D eigenvalue weighted by Gasteiger charge is 2.12. The van der Waals surface area contributed by atoms with Crippen LogP contribution in [-0.4, -0.2) is 37.1 Å². The summed E-state index contributed by atoms with van der Waals surface area (Å²) < 4.78 is 0. The van der Waals surface area contributed by atoms with Crippen LogP contribution in [0.4, 0.5) is 5.69 Å². The maximum atomic E-state index is 11.4. The van der Waals surface area contributed by atoms with Crippen LogP contribution in [0.15, 0.2) is 24.3 Å². The number of rotatable bonds is 6. The predicted octanol–water partition coefficient (Wildman–Crippen LogP) is 2.01. The van der Waals surface area contributed by atoms with Crippen LogP contribution >= 0.6 is 11.6 Å². The second-order valence-corrected chi connectivity index (χ2v) is 4.48. The standard InChI is InChI=1S/C14H17ClN2O3/c1-3-17(9-13(18)16-2)12-6-4-10(8-11(12)15)5-7-14(19)20/h4-8H,3,9H2,1-2H3,(H,16,18)(H,19,20)/b7-5+. The summed E-state index contributed by atoms with van der Waals surface area (Å²) in [5, 5.41) is 11.6. The Morgan fingerprint density at radius 1 is 1.45 bits per heavy atom. The van der Waals surface area contributed by atoms with Crippen LogP contribution in [-0.2, 0) is 9.59 Å². The molecule has 0 saturated carbocycles. The molecule has 0 heterocycles. The fraction of sp³-hybridized carbons (Fsp3) is 0.286. The lowest BCUT2D eigenvalue weighted by atomic mass is 10.1. The van der Waals surface area contributed by atoms with Gasteiger partial charge in [-0.25, -0.2) is 4.79 Å². The molecule has 1 aromatic rings. The first-order valence-electron chi connectivity index (χ1n) is 6.14. The molecular weight excluding hydrogens is 280 g/mol. The zero-order valence-electron chi connectivity index (χ0n) is 11.4. The number of hydrogen-bond acceptors (Lipinski definition) is 3. The van der Waals surface area contributed by atoms with E-state index in [-0.39, 0.29) is 12.5 Å². The zero-order chi connectivity index (χ0) is 15.1. The Balaban J connectivity index is 2.95. The second kappa shape index (κ2) is 7.55. The van der Waals surface area contributed by atoms with Crippen LogP contribution in [0.1, 0.15) is 12.5 Å². The van der Waals surface area contributed by atoms with Crippen molar-refractivity contribution in [1.29, 1.82) is 0 Å². The van der Waals surface area contributed by atoms with Crippen molar-refractivity contribution in [1.82, 2.24) is 5.32 Å². The van der Waals surface area contributed by atoms with Crippen molar-refractivity contribution in [3.05, 3.63) is 34.9 Å². The average Bonchev–Trinajstić information content (AvgIpc) is 2.42. The monoisotopic (exact) mass is 296 g/mol. The molecule has 1 aromatic carbocycles. The SMILES string of the molecule is CCN(CC(=O)NC)c1ccc(/C=C/C(=O)O)cc1Cl. The van der Waals surface area contributed by atoms with Crippen molar-refractivity contribution >= 4 is 35.2 Å². The van der Waals surface area contributed by atoms with Gasteiger partial charge in [0.25, 0.3) is 0 Å². The Bertz CT molecular complexity index is 529. The second-order valence-electron chi connectivity index (χ2n) is 4.07. The van der Waals surface area contributed by atoms with Gasteiger partial charge in [0.1, 0.15) is 0 Å². The Morgan fingerprint density at radius 3 is 2.65 bits per heavy atom. The average molecular weight is 297 g/mol. The summed E-state index contributed by atoms with van der Waals surface area (Å²) in [6, 6.07) is 5.20. The fourth-order valence-corrected chi connectivity index (χ4v) is 1.98. The summed E-state index contributed by atoms with van der Waals surface area (Å²) in [7, 11) is 1.58. The summed E-state index contributed by atoms with van der Waals surface area (Å²) in [6.07, 6.45) is 2.51. The van der Waals surface area contributed by atoms with Gasteiger partial charge in [-0.05, 0) is 30.7 Å². The molecule has 2 N–H and O–H groups in total. The first-order valence-corrected chi connectivity index (χ1v) is 6.51. The van der Waals surface area contributed by atoms with Gasteiger partial charge in [-0.2, -0.15) is 0 Å². The van der Waals surface area contributed by atoms with Crippen LogP contribution in [0.2, 0.25) is 5.02 Å². The summed E-state index contributed by atoms with van der Waals surface area (Å²) in [6.45, 7) is 2.78. The van der Waals surface area contributed by atoms with E-state index in [1.807, 2.05) is 11.8 Å². The molecule has 0 aliphatic rings. The number of aliphatic carboxylic acids is 1. The highest BCUT2D eigenvalue weighted by Crippen LogP contribution is 2.27. The highest BCUT2D eigenvalue weighted by molar-refractivity contribution is 6.33. The van der Waals surface area contributed by atoms with Crippen molar-refractivity contribution in [2.75, 3.05) is 25.0 Å². The molecule has 0 fully saturated rings. The van der Waals surface area contributed by atoms with Gasteiger partial charge in [0.2, 0.25) is 5.91 Å². The number of carbonyl (C=O) groups is 2. The van der Waals surface area contributed by atoms with E-state index in [0.717, 1.165) is 11.8 Å². The maximum Gasteiger partial charge on any atom is 0.328 e. The van der Waals surface area contributed by atoms with Gasteiger partial charge in [0, 0.05) is 19.7 Å². The topological polar surface area (TPSA) is 69.6 Å². The van der Waals surface area contributed by atoms with E-state index >= 15 is 0 Å². The predicted molar refractivity (Wildman–Crippen MR) is 80.1 cm³/mol. The molecule has 20 heavy (non-hydrogen) atoms. The number of carbonyl (C=O) groups excluding carboxylic acids is 1. The Labute approximate surface area is 122 Å². The van der Waals surface area contributed by atoms with Crippen molar-refractivity contribution in [3.63, 3.8) is 0 Å². The van der Waals surface area contributed by atoms with Gasteiger partial charge >= 0.3 is 5.97 Å². The molecular formula is C14H17ClN2O3. The van der Waals surface area contributed by atoms with Gasteiger partial charge in [-0.15, -0.1) is 0 Å². The molecule has 0 aromatic heterocycles. The van der Waals surface area contributed by atoms with Gasteiger partial charge in [0.15, 0.2) is 0 Å². The number of halogens is 1. The van der Waals surface area contributed by atoms with Crippen LogP contribution in [0.25, 0.3) is 6.08 Å². The molecule has 1 amide bonds. The number of carboxylic acid groups (broad SMARTS) is 1. The van der Waals surface area contributed by atoms with Gasteiger partial charge in [-0.3, -0.25) is 4.79 Å². The lowest BCUT2D eigenvalue weighted by molar-refractivity contribution is -0.131. The van der Waals surface area contributed by atoms with Gasteiger partial charge in [-0.1, -0.05) is 17.7 Å². The van der Waals surface area contributed by atoms with E-state index in [9.17, 15) is 9.59 Å². The molecule has 5 nitrogen and oxygen atoms in total. The first-order chi connectivity index (χ1) is 9.47. The molecule has 0 atom stereocenters. The molecule has 108 valence electrons. The van der Waals surface area contributed by atoms with E-state index in [0.29, 0.717) is 17.1 Å². The Kier molecular flexibility index (Phi) is 6.06. The first kappa shape index (κ1) is 16.0. The van der Waals surface area contributed by atoms with E-state index in [2.05, 4.69) is 5.32 Å². The molecule has 6 heteroatoms. The highest BCUT2D eigenvalue weighted by atomic mass is 35.5. The third-order valence-electron chi connectivity index (χ3n) is 2.73. The van der Waals surface area contributed by atoms with E-state index in [1.165, 1.54) is 6.08 Å². The Morgan fingerprint density at radius 2 is 2.15 bits per heavy atom. The van der Waals surface area contributed by atoms with E-state index in [1.54, 1.807) is 25.2 Å². The maximum absolute atomic E-state index is 11.4. The number of likely N-dealkylation sites (N-methyl/N-ethyl adjacent to an activating group) is 2. The molecule has 0 saturated heterocycles. The molecule has 0 spiro atoms. The smallest absolute Gasteiger partial charge is 0.328 e. The number of benzene rings is 1. The molecule has 0 bridgehead atoms. The quantitative estimate of drug-likeness (QED) is 0.788. The molecule has 0 radical (unpaired) electrons. The van der Waals surface area contributed by atoms with E-state index < -0.39 is 5.97 Å². The number of hydrogen-bond donors (Lipinski definition) is 2. The number of carboxylic acids is 1. The van der Waals surface area contributed by atoms with Crippen LogP contribution < -0.4 is 10.2 Å². The van der Waals surface area contributed by atoms with Crippen LogP contribution in [0.5, 0.6) is 0 Å². The van der Waals surface area contributed by atoms with Crippen molar-refractivity contribution in [2.24, 2.45) is 0 Å². The van der Waals surface area contributed by atoms with Crippen LogP contribution in [0, 0.1) is 0 Å². The number of amides is 1. The molecule has 0 aliphatic carbocycles.